The molecule has 4 nitrogen and oxygen atoms in total. The number of thioether (sulfide) groups is 1. The van der Waals surface area contributed by atoms with E-state index in [-0.39, 0.29) is 0 Å². The molecule has 0 aromatic carbocycles. The van der Waals surface area contributed by atoms with Crippen molar-refractivity contribution in [1.29, 1.82) is 0 Å². The molecule has 0 aliphatic carbocycles. The summed E-state index contributed by atoms with van der Waals surface area (Å²) >= 11 is 2.01. The lowest BCUT2D eigenvalue weighted by Crippen LogP contribution is -2.26. The molecule has 0 spiro atoms. The van der Waals surface area contributed by atoms with E-state index < -0.39 is 0 Å². The molecule has 0 amide bonds. The second-order valence-electron chi connectivity index (χ2n) is 4.45. The highest BCUT2D eigenvalue weighted by molar-refractivity contribution is 7.99. The molecule has 17 heavy (non-hydrogen) atoms. The van der Waals surface area contributed by atoms with Gasteiger partial charge in [0.1, 0.15) is 0 Å². The van der Waals surface area contributed by atoms with Crippen molar-refractivity contribution in [2.75, 3.05) is 16.8 Å². The van der Waals surface area contributed by atoms with Crippen molar-refractivity contribution >= 4 is 23.4 Å². The molecule has 2 aromatic heterocycles. The van der Waals surface area contributed by atoms with Gasteiger partial charge in [0.25, 0.3) is 0 Å². The lowest BCUT2D eigenvalue weighted by molar-refractivity contribution is 0.678. The number of nitrogens with one attached hydrogen (secondary N) is 1. The van der Waals surface area contributed by atoms with E-state index in [1.165, 1.54) is 18.6 Å². The van der Waals surface area contributed by atoms with Crippen molar-refractivity contribution in [3.05, 3.63) is 23.9 Å². The van der Waals surface area contributed by atoms with Gasteiger partial charge in [-0.05, 0) is 37.1 Å². The number of hydrogen-bond donors (Lipinski definition) is 1. The number of hydrogen-bond acceptors (Lipinski definition) is 4. The smallest absolute Gasteiger partial charge is 0.243 e. The maximum atomic E-state index is 4.54. The first kappa shape index (κ1) is 10.9. The Hall–Kier alpha value is -1.23. The summed E-state index contributed by atoms with van der Waals surface area (Å²) in [5.41, 5.74) is 2.10. The fourth-order valence-electron chi connectivity index (χ4n) is 2.14. The van der Waals surface area contributed by atoms with Crippen LogP contribution in [-0.2, 0) is 0 Å². The first-order valence-corrected chi connectivity index (χ1v) is 7.15. The molecule has 3 heterocycles. The molecule has 1 aliphatic heterocycles. The first-order valence-electron chi connectivity index (χ1n) is 5.99. The summed E-state index contributed by atoms with van der Waals surface area (Å²) in [4.78, 5) is 4.54. The highest BCUT2D eigenvalue weighted by Crippen LogP contribution is 2.20. The predicted molar refractivity (Wildman–Crippen MR) is 71.7 cm³/mol. The Morgan fingerprint density at radius 1 is 1.53 bits per heavy atom. The average Bonchev–Trinajstić information content (AvgIpc) is 2.74. The fraction of sp³-hybridized carbons (Fsp3) is 0.500. The number of pyridine rings is 1. The van der Waals surface area contributed by atoms with Gasteiger partial charge >= 0.3 is 0 Å². The number of rotatable bonds is 2. The Balaban J connectivity index is 1.83. The number of fused-ring (bicyclic) bond motifs is 1. The molecule has 1 unspecified atom stereocenters. The summed E-state index contributed by atoms with van der Waals surface area (Å²) in [5, 5.41) is 7.89. The van der Waals surface area contributed by atoms with Crippen LogP contribution in [0.25, 0.3) is 5.65 Å². The molecule has 0 radical (unpaired) electrons. The lowest BCUT2D eigenvalue weighted by Gasteiger charge is -2.21. The van der Waals surface area contributed by atoms with Gasteiger partial charge in [0, 0.05) is 18.0 Å². The van der Waals surface area contributed by atoms with E-state index >= 15 is 0 Å². The fourth-order valence-corrected chi connectivity index (χ4v) is 3.21. The van der Waals surface area contributed by atoms with Crippen LogP contribution in [0.15, 0.2) is 18.3 Å². The minimum atomic E-state index is 0.520. The Bertz CT molecular complexity index is 516. The van der Waals surface area contributed by atoms with Crippen LogP contribution in [-0.4, -0.2) is 32.1 Å². The van der Waals surface area contributed by atoms with E-state index in [1.807, 2.05) is 28.5 Å². The molecule has 1 saturated heterocycles. The molecule has 2 aromatic rings. The summed E-state index contributed by atoms with van der Waals surface area (Å²) in [7, 11) is 0. The van der Waals surface area contributed by atoms with Gasteiger partial charge in [-0.3, -0.25) is 0 Å². The summed E-state index contributed by atoms with van der Waals surface area (Å²) in [6.45, 7) is 2.06. The van der Waals surface area contributed by atoms with Crippen LogP contribution in [0.1, 0.15) is 18.4 Å². The molecule has 90 valence electrons. The SMILES string of the molecule is Cc1cccn2nc(NC3CCCSC3)nc12. The van der Waals surface area contributed by atoms with Gasteiger partial charge in [-0.25, -0.2) is 4.52 Å². The number of aromatic nitrogens is 3. The van der Waals surface area contributed by atoms with Gasteiger partial charge in [-0.15, -0.1) is 5.10 Å². The zero-order chi connectivity index (χ0) is 11.7. The average molecular weight is 248 g/mol. The predicted octanol–water partition coefficient (Wildman–Crippen LogP) is 2.35. The summed E-state index contributed by atoms with van der Waals surface area (Å²) in [6, 6.07) is 4.58. The van der Waals surface area contributed by atoms with Gasteiger partial charge in [0.2, 0.25) is 5.95 Å². The minimum absolute atomic E-state index is 0.520. The molecule has 0 bridgehead atoms. The van der Waals surface area contributed by atoms with Crippen molar-refractivity contribution in [1.82, 2.24) is 14.6 Å². The van der Waals surface area contributed by atoms with Crippen molar-refractivity contribution < 1.29 is 0 Å². The van der Waals surface area contributed by atoms with Crippen LogP contribution in [0.2, 0.25) is 0 Å². The van der Waals surface area contributed by atoms with Gasteiger partial charge in [-0.2, -0.15) is 16.7 Å². The minimum Gasteiger partial charge on any atom is -0.349 e. The molecular formula is C12H16N4S. The largest absolute Gasteiger partial charge is 0.349 e. The molecule has 1 fully saturated rings. The van der Waals surface area contributed by atoms with Gasteiger partial charge < -0.3 is 5.32 Å². The van der Waals surface area contributed by atoms with E-state index in [2.05, 4.69) is 28.4 Å². The monoisotopic (exact) mass is 248 g/mol. The van der Waals surface area contributed by atoms with Gasteiger partial charge in [0.05, 0.1) is 0 Å². The van der Waals surface area contributed by atoms with E-state index in [0.29, 0.717) is 6.04 Å². The van der Waals surface area contributed by atoms with Gasteiger partial charge in [-0.1, -0.05) is 6.07 Å². The van der Waals surface area contributed by atoms with Crippen molar-refractivity contribution in [3.63, 3.8) is 0 Å². The van der Waals surface area contributed by atoms with Crippen LogP contribution < -0.4 is 5.32 Å². The third-order valence-electron chi connectivity index (χ3n) is 3.05. The Kier molecular flexibility index (Phi) is 2.93. The molecule has 5 heteroatoms. The molecule has 1 aliphatic rings. The summed E-state index contributed by atoms with van der Waals surface area (Å²) in [5.74, 6) is 3.21. The maximum absolute atomic E-state index is 4.54. The van der Waals surface area contributed by atoms with E-state index in [4.69, 9.17) is 0 Å². The van der Waals surface area contributed by atoms with Crippen LogP contribution in [0.4, 0.5) is 5.95 Å². The first-order chi connectivity index (χ1) is 8.33. The number of aryl methyl sites for hydroxylation is 1. The normalized spacial score (nSPS) is 20.6. The zero-order valence-corrected chi connectivity index (χ0v) is 10.7. The van der Waals surface area contributed by atoms with Crippen molar-refractivity contribution in [2.45, 2.75) is 25.8 Å². The number of nitrogens with zero attached hydrogens (tertiary/aromatic N) is 3. The highest BCUT2D eigenvalue weighted by Gasteiger charge is 2.15. The second kappa shape index (κ2) is 4.56. The van der Waals surface area contributed by atoms with Gasteiger partial charge in [0.15, 0.2) is 5.65 Å². The zero-order valence-electron chi connectivity index (χ0n) is 9.89. The third kappa shape index (κ3) is 2.24. The molecule has 0 saturated carbocycles. The molecule has 1 atom stereocenters. The highest BCUT2D eigenvalue weighted by atomic mass is 32.2. The molecule has 1 N–H and O–H groups in total. The summed E-state index contributed by atoms with van der Waals surface area (Å²) in [6.07, 6.45) is 4.45. The van der Waals surface area contributed by atoms with Crippen LogP contribution in [0, 0.1) is 6.92 Å². The van der Waals surface area contributed by atoms with E-state index in [0.717, 1.165) is 22.9 Å². The molecule has 3 rings (SSSR count). The Labute approximate surface area is 105 Å². The third-order valence-corrected chi connectivity index (χ3v) is 4.27. The summed E-state index contributed by atoms with van der Waals surface area (Å²) < 4.78 is 1.84. The number of anilines is 1. The van der Waals surface area contributed by atoms with E-state index in [1.54, 1.807) is 0 Å². The Morgan fingerprint density at radius 2 is 2.47 bits per heavy atom. The molecular weight excluding hydrogens is 232 g/mol. The topological polar surface area (TPSA) is 42.2 Å². The maximum Gasteiger partial charge on any atom is 0.243 e. The van der Waals surface area contributed by atoms with E-state index in [9.17, 15) is 0 Å². The second-order valence-corrected chi connectivity index (χ2v) is 5.60. The van der Waals surface area contributed by atoms with Crippen LogP contribution >= 0.6 is 11.8 Å². The van der Waals surface area contributed by atoms with Crippen molar-refractivity contribution in [3.8, 4) is 0 Å². The van der Waals surface area contributed by atoms with Crippen molar-refractivity contribution in [2.24, 2.45) is 0 Å². The lowest BCUT2D eigenvalue weighted by atomic mass is 10.2. The van der Waals surface area contributed by atoms with Crippen LogP contribution in [0.3, 0.4) is 0 Å². The van der Waals surface area contributed by atoms with Crippen LogP contribution in [0.5, 0.6) is 0 Å². The Morgan fingerprint density at radius 3 is 3.24 bits per heavy atom. The quantitative estimate of drug-likeness (QED) is 0.886. The standard InChI is InChI=1S/C12H16N4S/c1-9-4-2-6-16-11(9)14-12(15-16)13-10-5-3-7-17-8-10/h2,4,6,10H,3,5,7-8H2,1H3,(H,13,15).